The summed E-state index contributed by atoms with van der Waals surface area (Å²) in [5.41, 5.74) is 4.15. The normalized spacial score (nSPS) is 17.8. The van der Waals surface area contributed by atoms with Crippen LogP contribution in [0.25, 0.3) is 0 Å². The highest BCUT2D eigenvalue weighted by atomic mass is 16.5. The second-order valence-electron chi connectivity index (χ2n) is 8.46. The molecule has 0 saturated carbocycles. The van der Waals surface area contributed by atoms with Gasteiger partial charge in [0.25, 0.3) is 5.91 Å². The fourth-order valence-electron chi connectivity index (χ4n) is 4.35. The monoisotopic (exact) mass is 428 g/mol. The summed E-state index contributed by atoms with van der Waals surface area (Å²) in [4.78, 5) is 28.4. The van der Waals surface area contributed by atoms with Crippen molar-refractivity contribution in [3.63, 3.8) is 0 Å². The van der Waals surface area contributed by atoms with Gasteiger partial charge >= 0.3 is 0 Å². The van der Waals surface area contributed by atoms with Gasteiger partial charge in [0, 0.05) is 18.3 Å². The number of hydrogen-bond acceptors (Lipinski definition) is 3. The molecule has 2 amide bonds. The highest BCUT2D eigenvalue weighted by Gasteiger charge is 2.42. The smallest absolute Gasteiger partial charge is 0.254 e. The Balaban J connectivity index is 1.74. The Kier molecular flexibility index (Phi) is 5.99. The molecule has 5 heteroatoms. The molecule has 0 spiro atoms. The quantitative estimate of drug-likeness (QED) is 0.595. The van der Waals surface area contributed by atoms with Gasteiger partial charge in [0.05, 0.1) is 19.1 Å². The number of methoxy groups -OCH3 is 1. The Morgan fingerprint density at radius 1 is 0.969 bits per heavy atom. The van der Waals surface area contributed by atoms with Gasteiger partial charge in [-0.3, -0.25) is 9.59 Å². The Labute approximate surface area is 189 Å². The Bertz CT molecular complexity index is 1120. The zero-order valence-electron chi connectivity index (χ0n) is 18.8. The van der Waals surface area contributed by atoms with Gasteiger partial charge < -0.3 is 15.0 Å². The topological polar surface area (TPSA) is 58.6 Å². The van der Waals surface area contributed by atoms with Gasteiger partial charge in [0.15, 0.2) is 0 Å². The van der Waals surface area contributed by atoms with Crippen molar-refractivity contribution in [1.29, 1.82) is 0 Å². The van der Waals surface area contributed by atoms with Gasteiger partial charge in [-0.2, -0.15) is 0 Å². The Morgan fingerprint density at radius 3 is 2.25 bits per heavy atom. The van der Waals surface area contributed by atoms with Crippen molar-refractivity contribution in [2.75, 3.05) is 19.5 Å². The van der Waals surface area contributed by atoms with Gasteiger partial charge in [-0.1, -0.05) is 56.3 Å². The van der Waals surface area contributed by atoms with Gasteiger partial charge in [0.1, 0.15) is 5.75 Å². The van der Waals surface area contributed by atoms with E-state index in [1.165, 1.54) is 5.56 Å². The molecule has 1 heterocycles. The van der Waals surface area contributed by atoms with Crippen LogP contribution in [0.5, 0.6) is 5.75 Å². The van der Waals surface area contributed by atoms with Crippen molar-refractivity contribution in [3.05, 3.63) is 95.1 Å². The van der Waals surface area contributed by atoms with E-state index in [1.54, 1.807) is 25.1 Å². The molecule has 2 atom stereocenters. The van der Waals surface area contributed by atoms with Gasteiger partial charge in [-0.15, -0.1) is 0 Å². The first kappa shape index (κ1) is 21.6. The van der Waals surface area contributed by atoms with Gasteiger partial charge in [-0.05, 0) is 52.9 Å². The van der Waals surface area contributed by atoms with E-state index >= 15 is 0 Å². The summed E-state index contributed by atoms with van der Waals surface area (Å²) < 4.78 is 5.28. The molecule has 0 bridgehead atoms. The van der Waals surface area contributed by atoms with Crippen LogP contribution in [0, 0.1) is 0 Å². The number of carbonyl (C=O) groups is 2. The van der Waals surface area contributed by atoms with Crippen LogP contribution in [0.2, 0.25) is 0 Å². The number of fused-ring (bicyclic) bond motifs is 1. The highest BCUT2D eigenvalue weighted by molar-refractivity contribution is 6.04. The van der Waals surface area contributed by atoms with Gasteiger partial charge in [-0.25, -0.2) is 0 Å². The lowest BCUT2D eigenvalue weighted by molar-refractivity contribution is -0.119. The maximum absolute atomic E-state index is 13.6. The van der Waals surface area contributed by atoms with Gasteiger partial charge in [0.2, 0.25) is 5.91 Å². The molecule has 1 aliphatic heterocycles. The number of likely N-dealkylation sites (N-methyl/N-ethyl adjacent to an activating group) is 1. The van der Waals surface area contributed by atoms with Crippen molar-refractivity contribution in [3.8, 4) is 5.75 Å². The summed E-state index contributed by atoms with van der Waals surface area (Å²) >= 11 is 0. The molecule has 0 saturated heterocycles. The maximum atomic E-state index is 13.6. The molecule has 3 aromatic carbocycles. The number of nitrogens with zero attached hydrogens (tertiary/aromatic N) is 1. The van der Waals surface area contributed by atoms with E-state index in [0.717, 1.165) is 22.6 Å². The number of amides is 2. The van der Waals surface area contributed by atoms with E-state index in [2.05, 4.69) is 19.2 Å². The zero-order chi connectivity index (χ0) is 22.8. The number of anilines is 1. The number of rotatable bonds is 5. The second kappa shape index (κ2) is 8.87. The molecule has 0 aliphatic carbocycles. The van der Waals surface area contributed by atoms with Crippen LogP contribution in [-0.4, -0.2) is 30.9 Å². The first-order chi connectivity index (χ1) is 15.4. The van der Waals surface area contributed by atoms with E-state index in [0.29, 0.717) is 11.5 Å². The van der Waals surface area contributed by atoms with Crippen LogP contribution in [-0.2, 0) is 4.79 Å². The molecule has 32 heavy (non-hydrogen) atoms. The van der Waals surface area contributed by atoms with Crippen molar-refractivity contribution in [2.45, 2.75) is 31.7 Å². The average Bonchev–Trinajstić information content (AvgIpc) is 2.81. The highest BCUT2D eigenvalue weighted by Crippen LogP contribution is 2.42. The minimum Gasteiger partial charge on any atom is -0.497 e. The van der Waals surface area contributed by atoms with Crippen LogP contribution in [0.1, 0.15) is 58.8 Å². The molecule has 2 unspecified atom stereocenters. The van der Waals surface area contributed by atoms with Crippen LogP contribution < -0.4 is 10.1 Å². The molecule has 0 fully saturated rings. The van der Waals surface area contributed by atoms with Crippen molar-refractivity contribution in [2.24, 2.45) is 0 Å². The minimum absolute atomic E-state index is 0.0910. The first-order valence-electron chi connectivity index (χ1n) is 10.8. The summed E-state index contributed by atoms with van der Waals surface area (Å²) in [5, 5.41) is 3.07. The SMILES string of the molecule is COc1ccc(C2C(C(=O)Nc3ccc(C(C)C)cc3)c3ccccc3C(=O)N2C)cc1. The number of ether oxygens (including phenoxy) is 1. The minimum atomic E-state index is -0.549. The lowest BCUT2D eigenvalue weighted by Gasteiger charge is -2.39. The van der Waals surface area contributed by atoms with Crippen LogP contribution in [0.3, 0.4) is 0 Å². The van der Waals surface area contributed by atoms with Crippen LogP contribution >= 0.6 is 0 Å². The third kappa shape index (κ3) is 3.98. The van der Waals surface area contributed by atoms with Crippen molar-refractivity contribution in [1.82, 2.24) is 4.90 Å². The first-order valence-corrected chi connectivity index (χ1v) is 10.8. The van der Waals surface area contributed by atoms with Crippen molar-refractivity contribution < 1.29 is 14.3 Å². The fourth-order valence-corrected chi connectivity index (χ4v) is 4.35. The predicted molar refractivity (Wildman–Crippen MR) is 126 cm³/mol. The number of hydrogen-bond donors (Lipinski definition) is 1. The lowest BCUT2D eigenvalue weighted by atomic mass is 9.79. The predicted octanol–water partition coefficient (Wildman–Crippen LogP) is 5.37. The standard InChI is InChI=1S/C27H28N2O3/c1-17(2)18-9-13-20(14-10-18)28-26(30)24-22-7-5-6-8-23(22)27(31)29(3)25(24)19-11-15-21(32-4)16-12-19/h5-17,24-25H,1-4H3,(H,28,30). The summed E-state index contributed by atoms with van der Waals surface area (Å²) in [6.07, 6.45) is 0. The number of benzene rings is 3. The fraction of sp³-hybridized carbons (Fsp3) is 0.259. The van der Waals surface area contributed by atoms with Crippen molar-refractivity contribution >= 4 is 17.5 Å². The molecule has 1 aliphatic rings. The zero-order valence-corrected chi connectivity index (χ0v) is 18.8. The van der Waals surface area contributed by atoms with E-state index < -0.39 is 12.0 Å². The second-order valence-corrected chi connectivity index (χ2v) is 8.46. The molecule has 4 rings (SSSR count). The van der Waals surface area contributed by atoms with Crippen LogP contribution in [0.15, 0.2) is 72.8 Å². The molecule has 0 aromatic heterocycles. The Morgan fingerprint density at radius 2 is 1.62 bits per heavy atom. The third-order valence-electron chi connectivity index (χ3n) is 6.16. The van der Waals surface area contributed by atoms with E-state index in [4.69, 9.17) is 4.74 Å². The summed E-state index contributed by atoms with van der Waals surface area (Å²) in [6, 6.07) is 22.4. The summed E-state index contributed by atoms with van der Waals surface area (Å²) in [6.45, 7) is 4.28. The number of carbonyl (C=O) groups excluding carboxylic acids is 2. The summed E-state index contributed by atoms with van der Waals surface area (Å²) in [5.74, 6) is 0.364. The molecular weight excluding hydrogens is 400 g/mol. The average molecular weight is 429 g/mol. The molecule has 164 valence electrons. The van der Waals surface area contributed by atoms with E-state index in [-0.39, 0.29) is 11.8 Å². The van der Waals surface area contributed by atoms with Crippen LogP contribution in [0.4, 0.5) is 5.69 Å². The largest absolute Gasteiger partial charge is 0.497 e. The van der Waals surface area contributed by atoms with E-state index in [1.807, 2.05) is 66.7 Å². The maximum Gasteiger partial charge on any atom is 0.254 e. The molecule has 0 radical (unpaired) electrons. The third-order valence-corrected chi connectivity index (χ3v) is 6.16. The van der Waals surface area contributed by atoms with E-state index in [9.17, 15) is 9.59 Å². The molecule has 5 nitrogen and oxygen atoms in total. The Hall–Kier alpha value is -3.60. The number of nitrogens with one attached hydrogen (secondary N) is 1. The molecular formula is C27H28N2O3. The molecule has 1 N–H and O–H groups in total. The summed E-state index contributed by atoms with van der Waals surface area (Å²) in [7, 11) is 3.37. The molecule has 3 aromatic rings. The lowest BCUT2D eigenvalue weighted by Crippen LogP contribution is -2.44.